The maximum atomic E-state index is 12.6. The largest absolute Gasteiger partial charge is 0.494 e. The number of hydrogen-bond acceptors (Lipinski definition) is 8. The van der Waals surface area contributed by atoms with Gasteiger partial charge >= 0.3 is 5.97 Å². The van der Waals surface area contributed by atoms with E-state index in [0.29, 0.717) is 34.3 Å². The lowest BCUT2D eigenvalue weighted by Gasteiger charge is -2.10. The normalized spacial score (nSPS) is 11.1. The Morgan fingerprint density at radius 1 is 0.884 bits per heavy atom. The first-order valence-corrected chi connectivity index (χ1v) is 14.9. The highest BCUT2D eigenvalue weighted by Gasteiger charge is 2.15. The molecule has 1 amide bonds. The Kier molecular flexibility index (Phi) is 10.4. The van der Waals surface area contributed by atoms with Crippen molar-refractivity contribution < 1.29 is 32.2 Å². The van der Waals surface area contributed by atoms with Crippen LogP contribution in [0.15, 0.2) is 101 Å². The summed E-state index contributed by atoms with van der Waals surface area (Å²) >= 11 is 5.82. The number of methoxy groups -OCH3 is 1. The molecule has 4 aromatic carbocycles. The average Bonchev–Trinajstić information content (AvgIpc) is 3.01. The lowest BCUT2D eigenvalue weighted by molar-refractivity contribution is 0.0729. The van der Waals surface area contributed by atoms with Crippen molar-refractivity contribution in [2.45, 2.75) is 18.2 Å². The van der Waals surface area contributed by atoms with Crippen LogP contribution in [-0.2, 0) is 10.0 Å². The maximum Gasteiger partial charge on any atom is 0.343 e. The third-order valence-electron chi connectivity index (χ3n) is 5.86. The zero-order chi connectivity index (χ0) is 30.8. The minimum atomic E-state index is -3.82. The van der Waals surface area contributed by atoms with Crippen LogP contribution in [0.2, 0.25) is 5.02 Å². The van der Waals surface area contributed by atoms with Gasteiger partial charge in [0.05, 0.1) is 30.4 Å². The fraction of sp³-hybridized carbons (Fsp3) is 0.129. The summed E-state index contributed by atoms with van der Waals surface area (Å²) in [7, 11) is -2.38. The number of ether oxygens (including phenoxy) is 3. The highest BCUT2D eigenvalue weighted by atomic mass is 35.5. The average molecular weight is 622 g/mol. The van der Waals surface area contributed by atoms with E-state index in [-0.39, 0.29) is 21.9 Å². The first-order valence-electron chi connectivity index (χ1n) is 13.0. The monoisotopic (exact) mass is 621 g/mol. The standard InChI is InChI=1S/C31H28ClN3O7S/c1-3-18-41-26-13-7-23(8-14-26)31(37)42-28-17-4-21(19-29(28)40-2)20-33-34-30(36)22-5-11-25(12-6-22)35-43(38,39)27-15-9-24(32)10-16-27/h4-17,19-20,35H,3,18H2,1-2H3,(H,34,36)/b33-20-. The predicted octanol–water partition coefficient (Wildman–Crippen LogP) is 5.92. The van der Waals surface area contributed by atoms with Crippen molar-refractivity contribution in [3.63, 3.8) is 0 Å². The first-order chi connectivity index (χ1) is 20.7. The van der Waals surface area contributed by atoms with Crippen LogP contribution in [0.1, 0.15) is 39.6 Å². The molecule has 2 N–H and O–H groups in total. The minimum absolute atomic E-state index is 0.0545. The number of hydrogen-bond donors (Lipinski definition) is 2. The van der Waals surface area contributed by atoms with Gasteiger partial charge in [0.25, 0.3) is 15.9 Å². The number of carbonyl (C=O) groups excluding carboxylic acids is 2. The molecule has 0 heterocycles. The Morgan fingerprint density at radius 2 is 1.56 bits per heavy atom. The number of halogens is 1. The van der Waals surface area contributed by atoms with Crippen LogP contribution < -0.4 is 24.4 Å². The summed E-state index contributed by atoms with van der Waals surface area (Å²) in [6.07, 6.45) is 2.28. The highest BCUT2D eigenvalue weighted by Crippen LogP contribution is 2.28. The summed E-state index contributed by atoms with van der Waals surface area (Å²) in [5.41, 5.74) is 3.88. The van der Waals surface area contributed by atoms with Gasteiger partial charge in [-0.25, -0.2) is 18.6 Å². The molecule has 4 aromatic rings. The van der Waals surface area contributed by atoms with Gasteiger partial charge in [0.2, 0.25) is 0 Å². The van der Waals surface area contributed by atoms with Crippen LogP contribution in [0.5, 0.6) is 17.2 Å². The van der Waals surface area contributed by atoms with E-state index in [1.807, 2.05) is 6.92 Å². The first kappa shape index (κ1) is 31.1. The summed E-state index contributed by atoms with van der Waals surface area (Å²) in [4.78, 5) is 25.2. The summed E-state index contributed by atoms with van der Waals surface area (Å²) in [6.45, 7) is 2.60. The van der Waals surface area contributed by atoms with Crippen LogP contribution in [0.4, 0.5) is 5.69 Å². The molecule has 0 radical (unpaired) electrons. The molecule has 0 spiro atoms. The minimum Gasteiger partial charge on any atom is -0.494 e. The quantitative estimate of drug-likeness (QED) is 0.0868. The molecule has 0 atom stereocenters. The predicted molar refractivity (Wildman–Crippen MR) is 164 cm³/mol. The van der Waals surface area contributed by atoms with Crippen LogP contribution >= 0.6 is 11.6 Å². The number of nitrogens with zero attached hydrogens (tertiary/aromatic N) is 1. The third-order valence-corrected chi connectivity index (χ3v) is 7.51. The number of amides is 1. The van der Waals surface area contributed by atoms with E-state index in [2.05, 4.69) is 15.2 Å². The second-order valence-electron chi connectivity index (χ2n) is 9.01. The molecule has 43 heavy (non-hydrogen) atoms. The number of esters is 1. The highest BCUT2D eigenvalue weighted by molar-refractivity contribution is 7.92. The maximum absolute atomic E-state index is 12.6. The van der Waals surface area contributed by atoms with Gasteiger partial charge in [-0.15, -0.1) is 0 Å². The number of benzene rings is 4. The molecule has 0 bridgehead atoms. The van der Waals surface area contributed by atoms with Crippen LogP contribution in [0.3, 0.4) is 0 Å². The molecule has 0 aliphatic heterocycles. The number of rotatable bonds is 12. The lowest BCUT2D eigenvalue weighted by atomic mass is 10.2. The molecular formula is C31H28ClN3O7S. The molecule has 4 rings (SSSR count). The van der Waals surface area contributed by atoms with Crippen molar-refractivity contribution >= 4 is 45.4 Å². The van der Waals surface area contributed by atoms with Gasteiger partial charge in [0.1, 0.15) is 5.75 Å². The third kappa shape index (κ3) is 8.57. The summed E-state index contributed by atoms with van der Waals surface area (Å²) in [6, 6.07) is 23.1. The van der Waals surface area contributed by atoms with Gasteiger partial charge < -0.3 is 14.2 Å². The van der Waals surface area contributed by atoms with Crippen LogP contribution in [0.25, 0.3) is 0 Å². The second-order valence-corrected chi connectivity index (χ2v) is 11.1. The van der Waals surface area contributed by atoms with Crippen molar-refractivity contribution in [1.29, 1.82) is 0 Å². The van der Waals surface area contributed by atoms with Crippen molar-refractivity contribution in [2.24, 2.45) is 5.10 Å². The van der Waals surface area contributed by atoms with E-state index >= 15 is 0 Å². The summed E-state index contributed by atoms with van der Waals surface area (Å²) in [5, 5.41) is 4.39. The Bertz CT molecular complexity index is 1710. The van der Waals surface area contributed by atoms with E-state index in [1.54, 1.807) is 42.5 Å². The Balaban J connectivity index is 1.33. The van der Waals surface area contributed by atoms with E-state index in [0.717, 1.165) is 6.42 Å². The van der Waals surface area contributed by atoms with Gasteiger partial charge in [-0.2, -0.15) is 5.10 Å². The van der Waals surface area contributed by atoms with E-state index in [4.69, 9.17) is 25.8 Å². The zero-order valence-electron chi connectivity index (χ0n) is 23.2. The Labute approximate surface area is 254 Å². The fourth-order valence-corrected chi connectivity index (χ4v) is 4.85. The lowest BCUT2D eigenvalue weighted by Crippen LogP contribution is -2.18. The second kappa shape index (κ2) is 14.3. The number of anilines is 1. The van der Waals surface area contributed by atoms with Gasteiger partial charge in [-0.1, -0.05) is 18.5 Å². The van der Waals surface area contributed by atoms with Gasteiger partial charge in [0.15, 0.2) is 11.5 Å². The molecule has 0 unspecified atom stereocenters. The molecule has 0 aromatic heterocycles. The molecule has 12 heteroatoms. The Hall–Kier alpha value is -4.87. The zero-order valence-corrected chi connectivity index (χ0v) is 24.8. The van der Waals surface area contributed by atoms with Gasteiger partial charge in [-0.05, 0) is 103 Å². The van der Waals surface area contributed by atoms with E-state index < -0.39 is 21.9 Å². The van der Waals surface area contributed by atoms with Crippen molar-refractivity contribution in [3.05, 3.63) is 113 Å². The molecule has 0 aliphatic rings. The molecule has 222 valence electrons. The summed E-state index contributed by atoms with van der Waals surface area (Å²) < 4.78 is 43.9. The SMILES string of the molecule is CCCOc1ccc(C(=O)Oc2ccc(/C=N\NC(=O)c3ccc(NS(=O)(=O)c4ccc(Cl)cc4)cc3)cc2OC)cc1. The van der Waals surface area contributed by atoms with E-state index in [1.165, 1.54) is 61.9 Å². The Morgan fingerprint density at radius 3 is 2.21 bits per heavy atom. The molecule has 0 saturated carbocycles. The van der Waals surface area contributed by atoms with E-state index in [9.17, 15) is 18.0 Å². The molecule has 0 saturated heterocycles. The number of nitrogens with one attached hydrogen (secondary N) is 2. The smallest absolute Gasteiger partial charge is 0.343 e. The molecule has 0 aliphatic carbocycles. The van der Waals surface area contributed by atoms with Crippen molar-refractivity contribution in [3.8, 4) is 17.2 Å². The fourth-order valence-electron chi connectivity index (χ4n) is 3.66. The van der Waals surface area contributed by atoms with Crippen LogP contribution in [-0.4, -0.2) is 40.2 Å². The van der Waals surface area contributed by atoms with Crippen LogP contribution in [0, 0.1) is 0 Å². The van der Waals surface area contributed by atoms with Gasteiger partial charge in [0, 0.05) is 16.3 Å². The number of sulfonamides is 1. The molecule has 10 nitrogen and oxygen atoms in total. The molecular weight excluding hydrogens is 594 g/mol. The molecule has 0 fully saturated rings. The number of hydrazone groups is 1. The number of carbonyl (C=O) groups is 2. The van der Waals surface area contributed by atoms with Crippen molar-refractivity contribution in [1.82, 2.24) is 5.43 Å². The summed E-state index contributed by atoms with van der Waals surface area (Å²) in [5.74, 6) is 0.112. The van der Waals surface area contributed by atoms with Gasteiger partial charge in [-0.3, -0.25) is 9.52 Å². The van der Waals surface area contributed by atoms with Crippen molar-refractivity contribution in [2.75, 3.05) is 18.4 Å². The topological polar surface area (TPSA) is 132 Å².